The fourth-order valence-electron chi connectivity index (χ4n) is 1.08. The van der Waals surface area contributed by atoms with Gasteiger partial charge in [-0.2, -0.15) is 10.2 Å². The first-order valence-corrected chi connectivity index (χ1v) is 4.97. The number of aromatic nitrogens is 2. The molecule has 78 valence electrons. The van der Waals surface area contributed by atoms with Crippen LogP contribution in [0.3, 0.4) is 0 Å². The zero-order valence-corrected chi connectivity index (χ0v) is 8.90. The van der Waals surface area contributed by atoms with E-state index in [1.807, 2.05) is 6.07 Å². The van der Waals surface area contributed by atoms with Crippen molar-refractivity contribution in [2.75, 3.05) is 26.7 Å². The predicted molar refractivity (Wildman–Crippen MR) is 56.9 cm³/mol. The van der Waals surface area contributed by atoms with Gasteiger partial charge in [0.1, 0.15) is 0 Å². The van der Waals surface area contributed by atoms with Gasteiger partial charge in [0.25, 0.3) is 0 Å². The van der Waals surface area contributed by atoms with Crippen LogP contribution in [-0.4, -0.2) is 41.8 Å². The largest absolute Gasteiger partial charge is 0.311 e. The van der Waals surface area contributed by atoms with Gasteiger partial charge < -0.3 is 10.2 Å². The number of likely N-dealkylation sites (N-methyl/N-ethyl adjacent to an activating group) is 1. The molecular weight excluding hydrogens is 176 g/mol. The monoisotopic (exact) mass is 194 g/mol. The van der Waals surface area contributed by atoms with Gasteiger partial charge in [-0.25, -0.2) is 0 Å². The molecule has 0 atom stereocenters. The van der Waals surface area contributed by atoms with Gasteiger partial charge >= 0.3 is 0 Å². The van der Waals surface area contributed by atoms with E-state index in [4.69, 9.17) is 0 Å². The third kappa shape index (κ3) is 4.30. The van der Waals surface area contributed by atoms with Crippen LogP contribution < -0.4 is 5.32 Å². The van der Waals surface area contributed by atoms with E-state index >= 15 is 0 Å². The number of rotatable bonds is 6. The van der Waals surface area contributed by atoms with Crippen molar-refractivity contribution >= 4 is 0 Å². The zero-order chi connectivity index (χ0) is 10.2. The summed E-state index contributed by atoms with van der Waals surface area (Å²) in [6, 6.07) is 1.98. The van der Waals surface area contributed by atoms with E-state index in [0.29, 0.717) is 0 Å². The molecule has 1 heterocycles. The number of hydrogen-bond acceptors (Lipinski definition) is 4. The first-order chi connectivity index (χ1) is 6.83. The maximum atomic E-state index is 3.81. The molecule has 0 saturated carbocycles. The van der Waals surface area contributed by atoms with Gasteiger partial charge in [-0.05, 0) is 25.2 Å². The third-order valence-electron chi connectivity index (χ3n) is 2.18. The van der Waals surface area contributed by atoms with Gasteiger partial charge in [-0.3, -0.25) is 0 Å². The van der Waals surface area contributed by atoms with Crippen molar-refractivity contribution in [3.8, 4) is 0 Å². The molecule has 1 aromatic rings. The second-order valence-electron chi connectivity index (χ2n) is 3.32. The Morgan fingerprint density at radius 3 is 2.93 bits per heavy atom. The predicted octanol–water partition coefficient (Wildman–Crippen LogP) is 0.518. The minimum atomic E-state index is 0.868. The summed E-state index contributed by atoms with van der Waals surface area (Å²) in [5, 5.41) is 10.9. The van der Waals surface area contributed by atoms with Crippen molar-refractivity contribution in [2.45, 2.75) is 13.5 Å². The Hall–Kier alpha value is -1.00. The molecular formula is C10H18N4. The summed E-state index contributed by atoms with van der Waals surface area (Å²) in [6.07, 6.45) is 3.51. The molecule has 0 fully saturated rings. The molecule has 0 bridgehead atoms. The third-order valence-corrected chi connectivity index (χ3v) is 2.18. The van der Waals surface area contributed by atoms with Crippen LogP contribution in [0.4, 0.5) is 0 Å². The van der Waals surface area contributed by atoms with E-state index in [2.05, 4.69) is 34.4 Å². The minimum absolute atomic E-state index is 0.868. The molecule has 0 aromatic carbocycles. The van der Waals surface area contributed by atoms with Gasteiger partial charge in [-0.1, -0.05) is 6.92 Å². The summed E-state index contributed by atoms with van der Waals surface area (Å²) < 4.78 is 0. The maximum Gasteiger partial charge on any atom is 0.0541 e. The highest BCUT2D eigenvalue weighted by atomic mass is 15.1. The summed E-state index contributed by atoms with van der Waals surface area (Å²) in [7, 11) is 2.12. The highest BCUT2D eigenvalue weighted by molar-refractivity contribution is 5.04. The lowest BCUT2D eigenvalue weighted by Crippen LogP contribution is -2.28. The van der Waals surface area contributed by atoms with Gasteiger partial charge in [0.05, 0.1) is 6.20 Å². The Morgan fingerprint density at radius 1 is 1.43 bits per heavy atom. The quantitative estimate of drug-likeness (QED) is 0.670. The Balaban J connectivity index is 2.10. The van der Waals surface area contributed by atoms with Crippen LogP contribution in [0.1, 0.15) is 12.5 Å². The van der Waals surface area contributed by atoms with E-state index in [-0.39, 0.29) is 0 Å². The second kappa shape index (κ2) is 6.45. The molecule has 4 nitrogen and oxygen atoms in total. The molecule has 0 radical (unpaired) electrons. The van der Waals surface area contributed by atoms with Crippen LogP contribution in [0, 0.1) is 0 Å². The standard InChI is InChI=1S/C10H18N4/c1-3-14(2)7-6-11-8-10-4-5-12-13-9-10/h4-5,9,11H,3,6-8H2,1-2H3. The molecule has 4 heteroatoms. The first kappa shape index (κ1) is 11.1. The fourth-order valence-corrected chi connectivity index (χ4v) is 1.08. The Morgan fingerprint density at radius 2 is 2.29 bits per heavy atom. The van der Waals surface area contributed by atoms with E-state index < -0.39 is 0 Å². The number of nitrogens with zero attached hydrogens (tertiary/aromatic N) is 3. The lowest BCUT2D eigenvalue weighted by atomic mass is 10.3. The Kier molecular flexibility index (Phi) is 5.11. The molecule has 1 rings (SSSR count). The first-order valence-electron chi connectivity index (χ1n) is 4.97. The van der Waals surface area contributed by atoms with Crippen molar-refractivity contribution in [2.24, 2.45) is 0 Å². The molecule has 1 aromatic heterocycles. The average molecular weight is 194 g/mol. The van der Waals surface area contributed by atoms with E-state index in [0.717, 1.165) is 26.2 Å². The molecule has 0 unspecified atom stereocenters. The molecule has 0 spiro atoms. The highest BCUT2D eigenvalue weighted by Gasteiger charge is 1.94. The van der Waals surface area contributed by atoms with Crippen molar-refractivity contribution < 1.29 is 0 Å². The normalized spacial score (nSPS) is 10.8. The molecule has 0 aliphatic heterocycles. The van der Waals surface area contributed by atoms with Crippen molar-refractivity contribution in [3.05, 3.63) is 24.0 Å². The van der Waals surface area contributed by atoms with Crippen LogP contribution >= 0.6 is 0 Å². The molecule has 1 N–H and O–H groups in total. The lowest BCUT2D eigenvalue weighted by molar-refractivity contribution is 0.349. The minimum Gasteiger partial charge on any atom is -0.311 e. The van der Waals surface area contributed by atoms with Crippen molar-refractivity contribution in [1.82, 2.24) is 20.4 Å². The van der Waals surface area contributed by atoms with Gasteiger partial charge in [-0.15, -0.1) is 0 Å². The maximum absolute atomic E-state index is 3.81. The fraction of sp³-hybridized carbons (Fsp3) is 0.600. The average Bonchev–Trinajstić information content (AvgIpc) is 2.25. The summed E-state index contributed by atoms with van der Waals surface area (Å²) >= 11 is 0. The summed E-state index contributed by atoms with van der Waals surface area (Å²) in [4.78, 5) is 2.28. The zero-order valence-electron chi connectivity index (χ0n) is 8.90. The van der Waals surface area contributed by atoms with E-state index in [1.165, 1.54) is 5.56 Å². The van der Waals surface area contributed by atoms with E-state index in [9.17, 15) is 0 Å². The summed E-state index contributed by atoms with van der Waals surface area (Å²) in [5.41, 5.74) is 1.18. The summed E-state index contributed by atoms with van der Waals surface area (Å²) in [6.45, 7) is 6.21. The summed E-state index contributed by atoms with van der Waals surface area (Å²) in [5.74, 6) is 0. The van der Waals surface area contributed by atoms with E-state index in [1.54, 1.807) is 12.4 Å². The van der Waals surface area contributed by atoms with Crippen molar-refractivity contribution in [1.29, 1.82) is 0 Å². The topological polar surface area (TPSA) is 41.0 Å². The van der Waals surface area contributed by atoms with Gasteiger partial charge in [0.2, 0.25) is 0 Å². The second-order valence-corrected chi connectivity index (χ2v) is 3.32. The smallest absolute Gasteiger partial charge is 0.0541 e. The van der Waals surface area contributed by atoms with Gasteiger partial charge in [0.15, 0.2) is 0 Å². The Bertz CT molecular complexity index is 237. The molecule has 0 amide bonds. The molecule has 0 aliphatic carbocycles. The lowest BCUT2D eigenvalue weighted by Gasteiger charge is -2.13. The molecule has 14 heavy (non-hydrogen) atoms. The van der Waals surface area contributed by atoms with Crippen molar-refractivity contribution in [3.63, 3.8) is 0 Å². The molecule has 0 saturated heterocycles. The van der Waals surface area contributed by atoms with Crippen LogP contribution in [0.5, 0.6) is 0 Å². The van der Waals surface area contributed by atoms with Crippen LogP contribution in [0.2, 0.25) is 0 Å². The van der Waals surface area contributed by atoms with Gasteiger partial charge in [0, 0.05) is 25.8 Å². The Labute approximate surface area is 85.3 Å². The number of hydrogen-bond donors (Lipinski definition) is 1. The highest BCUT2D eigenvalue weighted by Crippen LogP contribution is 1.91. The molecule has 0 aliphatic rings. The van der Waals surface area contributed by atoms with Crippen LogP contribution in [-0.2, 0) is 6.54 Å². The van der Waals surface area contributed by atoms with Crippen LogP contribution in [0.15, 0.2) is 18.5 Å². The van der Waals surface area contributed by atoms with Crippen LogP contribution in [0.25, 0.3) is 0 Å². The SMILES string of the molecule is CCN(C)CCNCc1ccnnc1. The number of nitrogens with one attached hydrogen (secondary N) is 1.